The predicted molar refractivity (Wildman–Crippen MR) is 73.1 cm³/mol. The molecule has 1 aromatic rings. The number of ether oxygens (including phenoxy) is 2. The Morgan fingerprint density at radius 2 is 2.32 bits per heavy atom. The minimum absolute atomic E-state index is 0.0601. The fourth-order valence-electron chi connectivity index (χ4n) is 2.21. The molecule has 0 aliphatic carbocycles. The van der Waals surface area contributed by atoms with Crippen LogP contribution >= 0.6 is 0 Å². The van der Waals surface area contributed by atoms with Crippen molar-refractivity contribution in [1.29, 1.82) is 0 Å². The topological polar surface area (TPSA) is 61.6 Å². The van der Waals surface area contributed by atoms with Gasteiger partial charge < -0.3 is 15.2 Å². The average Bonchev–Trinajstić information content (AvgIpc) is 2.46. The molecule has 1 heterocycles. The van der Waals surface area contributed by atoms with Gasteiger partial charge in [0.2, 0.25) is 0 Å². The zero-order chi connectivity index (χ0) is 13.5. The van der Waals surface area contributed by atoms with Crippen molar-refractivity contribution in [2.45, 2.75) is 31.8 Å². The van der Waals surface area contributed by atoms with E-state index >= 15 is 0 Å². The molecule has 19 heavy (non-hydrogen) atoms. The third kappa shape index (κ3) is 4.33. The van der Waals surface area contributed by atoms with Gasteiger partial charge in [-0.2, -0.15) is 0 Å². The Hall–Kier alpha value is -1.39. The maximum atomic E-state index is 11.9. The first-order valence-corrected chi connectivity index (χ1v) is 6.87. The van der Waals surface area contributed by atoms with Crippen molar-refractivity contribution >= 4 is 5.97 Å². The molecular formula is C15H21NO3. The highest BCUT2D eigenvalue weighted by Crippen LogP contribution is 2.14. The maximum Gasteiger partial charge on any atom is 0.338 e. The molecule has 1 saturated heterocycles. The van der Waals surface area contributed by atoms with Crippen LogP contribution in [0.3, 0.4) is 0 Å². The maximum absolute atomic E-state index is 11.9. The minimum atomic E-state index is -0.284. The summed E-state index contributed by atoms with van der Waals surface area (Å²) < 4.78 is 10.8. The second-order valence-corrected chi connectivity index (χ2v) is 4.83. The van der Waals surface area contributed by atoms with Crippen LogP contribution in [0.15, 0.2) is 24.3 Å². The number of nitrogens with two attached hydrogens (primary N) is 1. The van der Waals surface area contributed by atoms with Crippen molar-refractivity contribution in [2.24, 2.45) is 5.73 Å². The summed E-state index contributed by atoms with van der Waals surface area (Å²) in [5, 5.41) is 0. The van der Waals surface area contributed by atoms with Crippen LogP contribution in [-0.2, 0) is 15.9 Å². The van der Waals surface area contributed by atoms with E-state index < -0.39 is 0 Å². The molecule has 0 aromatic heterocycles. The van der Waals surface area contributed by atoms with E-state index in [2.05, 4.69) is 0 Å². The van der Waals surface area contributed by atoms with Crippen LogP contribution in [-0.4, -0.2) is 31.8 Å². The van der Waals surface area contributed by atoms with E-state index in [4.69, 9.17) is 15.2 Å². The summed E-state index contributed by atoms with van der Waals surface area (Å²) in [6.07, 6.45) is 4.05. The molecule has 1 aliphatic heterocycles. The summed E-state index contributed by atoms with van der Waals surface area (Å²) in [7, 11) is 0. The van der Waals surface area contributed by atoms with Gasteiger partial charge in [0.15, 0.2) is 0 Å². The number of carbonyl (C=O) groups excluding carboxylic acids is 1. The summed E-state index contributed by atoms with van der Waals surface area (Å²) in [4.78, 5) is 11.9. The molecule has 0 bridgehead atoms. The SMILES string of the molecule is NCCc1cccc(C(=O)OCC2CCCCO2)c1. The molecule has 4 heteroatoms. The standard InChI is InChI=1S/C15H21NO3/c16-8-7-12-4-3-5-13(10-12)15(17)19-11-14-6-1-2-9-18-14/h3-5,10,14H,1-2,6-9,11,16H2. The van der Waals surface area contributed by atoms with Gasteiger partial charge in [0.25, 0.3) is 0 Å². The summed E-state index contributed by atoms with van der Waals surface area (Å²) in [6.45, 7) is 1.70. The lowest BCUT2D eigenvalue weighted by Gasteiger charge is -2.22. The third-order valence-electron chi connectivity index (χ3n) is 3.27. The first-order valence-electron chi connectivity index (χ1n) is 6.87. The van der Waals surface area contributed by atoms with Gasteiger partial charge in [-0.05, 0) is 49.9 Å². The number of benzene rings is 1. The molecular weight excluding hydrogens is 242 g/mol. The molecule has 0 amide bonds. The summed E-state index contributed by atoms with van der Waals surface area (Å²) >= 11 is 0. The Bertz CT molecular complexity index is 414. The third-order valence-corrected chi connectivity index (χ3v) is 3.27. The lowest BCUT2D eigenvalue weighted by atomic mass is 10.1. The Labute approximate surface area is 113 Å². The van der Waals surface area contributed by atoms with Crippen LogP contribution < -0.4 is 5.73 Å². The molecule has 0 spiro atoms. The summed E-state index contributed by atoms with van der Waals surface area (Å²) in [5.41, 5.74) is 7.16. The van der Waals surface area contributed by atoms with Gasteiger partial charge in [-0.1, -0.05) is 12.1 Å². The molecule has 0 radical (unpaired) electrons. The Balaban J connectivity index is 1.86. The van der Waals surface area contributed by atoms with Gasteiger partial charge in [0.1, 0.15) is 6.61 Å². The molecule has 1 fully saturated rings. The Morgan fingerprint density at radius 1 is 1.42 bits per heavy atom. The zero-order valence-corrected chi connectivity index (χ0v) is 11.1. The van der Waals surface area contributed by atoms with Crippen LogP contribution in [0.2, 0.25) is 0 Å². The quantitative estimate of drug-likeness (QED) is 0.824. The van der Waals surface area contributed by atoms with E-state index in [0.29, 0.717) is 18.7 Å². The van der Waals surface area contributed by atoms with Crippen molar-refractivity contribution in [2.75, 3.05) is 19.8 Å². The van der Waals surface area contributed by atoms with Crippen molar-refractivity contribution < 1.29 is 14.3 Å². The fraction of sp³-hybridized carbons (Fsp3) is 0.533. The van der Waals surface area contributed by atoms with Gasteiger partial charge in [0.05, 0.1) is 11.7 Å². The van der Waals surface area contributed by atoms with E-state index in [0.717, 1.165) is 37.9 Å². The van der Waals surface area contributed by atoms with Gasteiger partial charge in [-0.3, -0.25) is 0 Å². The van der Waals surface area contributed by atoms with Gasteiger partial charge in [-0.25, -0.2) is 4.79 Å². The lowest BCUT2D eigenvalue weighted by Crippen LogP contribution is -2.26. The van der Waals surface area contributed by atoms with E-state index in [-0.39, 0.29) is 12.1 Å². The number of hydrogen-bond donors (Lipinski definition) is 1. The smallest absolute Gasteiger partial charge is 0.338 e. The first-order chi connectivity index (χ1) is 9.29. The van der Waals surface area contributed by atoms with Crippen molar-refractivity contribution in [3.63, 3.8) is 0 Å². The molecule has 2 rings (SSSR count). The zero-order valence-electron chi connectivity index (χ0n) is 11.1. The number of esters is 1. The number of carbonyl (C=O) groups is 1. The summed E-state index contributed by atoms with van der Waals surface area (Å²) in [5.74, 6) is -0.284. The van der Waals surface area contributed by atoms with Crippen molar-refractivity contribution in [1.82, 2.24) is 0 Å². The molecule has 4 nitrogen and oxygen atoms in total. The molecule has 1 unspecified atom stereocenters. The Morgan fingerprint density at radius 3 is 3.05 bits per heavy atom. The largest absolute Gasteiger partial charge is 0.459 e. The van der Waals surface area contributed by atoms with Crippen LogP contribution in [0, 0.1) is 0 Å². The summed E-state index contributed by atoms with van der Waals surface area (Å²) in [6, 6.07) is 7.44. The highest BCUT2D eigenvalue weighted by Gasteiger charge is 2.16. The molecule has 0 saturated carbocycles. The van der Waals surface area contributed by atoms with E-state index in [9.17, 15) is 4.79 Å². The number of rotatable bonds is 5. The molecule has 2 N–H and O–H groups in total. The van der Waals surface area contributed by atoms with E-state index in [1.54, 1.807) is 6.07 Å². The predicted octanol–water partition coefficient (Wildman–Crippen LogP) is 1.91. The van der Waals surface area contributed by atoms with Gasteiger partial charge >= 0.3 is 5.97 Å². The molecule has 1 aromatic carbocycles. The van der Waals surface area contributed by atoms with Crippen molar-refractivity contribution in [3.8, 4) is 0 Å². The molecule has 1 aliphatic rings. The lowest BCUT2D eigenvalue weighted by molar-refractivity contribution is -0.0300. The van der Waals surface area contributed by atoms with Gasteiger partial charge in [-0.15, -0.1) is 0 Å². The second kappa shape index (κ2) is 7.26. The highest BCUT2D eigenvalue weighted by molar-refractivity contribution is 5.89. The van der Waals surface area contributed by atoms with Crippen LogP contribution in [0.1, 0.15) is 35.2 Å². The van der Waals surface area contributed by atoms with E-state index in [1.165, 1.54) is 0 Å². The van der Waals surface area contributed by atoms with Crippen LogP contribution in [0.5, 0.6) is 0 Å². The van der Waals surface area contributed by atoms with Crippen LogP contribution in [0.4, 0.5) is 0 Å². The Kier molecular flexibility index (Phi) is 5.36. The van der Waals surface area contributed by atoms with Crippen molar-refractivity contribution in [3.05, 3.63) is 35.4 Å². The second-order valence-electron chi connectivity index (χ2n) is 4.83. The highest BCUT2D eigenvalue weighted by atomic mass is 16.6. The van der Waals surface area contributed by atoms with Gasteiger partial charge in [0, 0.05) is 6.61 Å². The number of hydrogen-bond acceptors (Lipinski definition) is 4. The normalized spacial score (nSPS) is 19.1. The monoisotopic (exact) mass is 263 g/mol. The molecule has 1 atom stereocenters. The van der Waals surface area contributed by atoms with E-state index in [1.807, 2.05) is 18.2 Å². The first kappa shape index (κ1) is 14.0. The minimum Gasteiger partial charge on any atom is -0.459 e. The molecule has 104 valence electrons. The van der Waals surface area contributed by atoms with Crippen LogP contribution in [0.25, 0.3) is 0 Å². The fourth-order valence-corrected chi connectivity index (χ4v) is 2.21. The average molecular weight is 263 g/mol.